The standard InChI is InChI=1S/C14H19N3O3/c15-14(20)17-7-3-5-10(8-17)13(19)16-12-6-2-1-4-11(12)9-18/h1-2,4,6,10,18H,3,5,7-9H2,(H2,15,20)(H,16,19). The Hall–Kier alpha value is -2.08. The monoisotopic (exact) mass is 277 g/mol. The minimum atomic E-state index is -0.488. The fourth-order valence-corrected chi connectivity index (χ4v) is 2.41. The number of primary amides is 1. The van der Waals surface area contributed by atoms with Gasteiger partial charge in [-0.3, -0.25) is 4.79 Å². The number of hydrogen-bond acceptors (Lipinski definition) is 3. The molecule has 1 aromatic carbocycles. The minimum Gasteiger partial charge on any atom is -0.392 e. The molecule has 0 bridgehead atoms. The molecule has 1 aliphatic heterocycles. The Bertz CT molecular complexity index is 504. The fraction of sp³-hybridized carbons (Fsp3) is 0.429. The van der Waals surface area contributed by atoms with E-state index in [0.29, 0.717) is 24.3 Å². The summed E-state index contributed by atoms with van der Waals surface area (Å²) in [5.41, 5.74) is 6.53. The topological polar surface area (TPSA) is 95.7 Å². The van der Waals surface area contributed by atoms with Crippen molar-refractivity contribution in [3.8, 4) is 0 Å². The summed E-state index contributed by atoms with van der Waals surface area (Å²) < 4.78 is 0. The highest BCUT2D eigenvalue weighted by Gasteiger charge is 2.27. The summed E-state index contributed by atoms with van der Waals surface area (Å²) in [6, 6.07) is 6.62. The predicted molar refractivity (Wildman–Crippen MR) is 74.9 cm³/mol. The molecule has 0 aliphatic carbocycles. The molecule has 1 fully saturated rings. The van der Waals surface area contributed by atoms with Crippen LogP contribution >= 0.6 is 0 Å². The molecule has 3 amide bonds. The average Bonchev–Trinajstić information content (AvgIpc) is 2.48. The Morgan fingerprint density at radius 3 is 2.85 bits per heavy atom. The van der Waals surface area contributed by atoms with Crippen LogP contribution in [-0.2, 0) is 11.4 Å². The summed E-state index contributed by atoms with van der Waals surface area (Å²) in [6.45, 7) is 0.823. The van der Waals surface area contributed by atoms with E-state index in [1.807, 2.05) is 0 Å². The van der Waals surface area contributed by atoms with Gasteiger partial charge in [0.2, 0.25) is 5.91 Å². The molecule has 0 radical (unpaired) electrons. The first-order valence-corrected chi connectivity index (χ1v) is 6.66. The van der Waals surface area contributed by atoms with Crippen LogP contribution in [0.25, 0.3) is 0 Å². The number of carbonyl (C=O) groups excluding carboxylic acids is 2. The van der Waals surface area contributed by atoms with Crippen LogP contribution in [0.1, 0.15) is 18.4 Å². The van der Waals surface area contributed by atoms with Gasteiger partial charge in [-0.25, -0.2) is 4.79 Å². The molecular weight excluding hydrogens is 258 g/mol. The smallest absolute Gasteiger partial charge is 0.314 e. The van der Waals surface area contributed by atoms with Gasteiger partial charge in [0.25, 0.3) is 0 Å². The van der Waals surface area contributed by atoms with E-state index in [9.17, 15) is 14.7 Å². The number of piperidine rings is 1. The molecule has 4 N–H and O–H groups in total. The van der Waals surface area contributed by atoms with Gasteiger partial charge in [0.1, 0.15) is 0 Å². The van der Waals surface area contributed by atoms with E-state index < -0.39 is 6.03 Å². The first kappa shape index (κ1) is 14.3. The molecule has 2 rings (SSSR count). The summed E-state index contributed by atoms with van der Waals surface area (Å²) in [5, 5.41) is 12.0. The molecule has 1 unspecified atom stereocenters. The molecule has 1 saturated heterocycles. The molecule has 1 aliphatic rings. The highest BCUT2D eigenvalue weighted by molar-refractivity contribution is 5.93. The van der Waals surface area contributed by atoms with Crippen LogP contribution in [0.3, 0.4) is 0 Å². The number of likely N-dealkylation sites (tertiary alicyclic amines) is 1. The lowest BCUT2D eigenvalue weighted by atomic mass is 9.97. The van der Waals surface area contributed by atoms with Gasteiger partial charge >= 0.3 is 6.03 Å². The molecule has 6 heteroatoms. The number of nitrogens with two attached hydrogens (primary N) is 1. The maximum atomic E-state index is 12.2. The minimum absolute atomic E-state index is 0.130. The molecule has 6 nitrogen and oxygen atoms in total. The van der Waals surface area contributed by atoms with E-state index >= 15 is 0 Å². The van der Waals surface area contributed by atoms with E-state index in [0.717, 1.165) is 12.8 Å². The van der Waals surface area contributed by atoms with Crippen molar-refractivity contribution in [2.45, 2.75) is 19.4 Å². The lowest BCUT2D eigenvalue weighted by Crippen LogP contribution is -2.46. The number of rotatable bonds is 3. The molecule has 0 saturated carbocycles. The van der Waals surface area contributed by atoms with E-state index in [1.165, 1.54) is 4.90 Å². The zero-order chi connectivity index (χ0) is 14.5. The molecule has 0 spiro atoms. The lowest BCUT2D eigenvalue weighted by Gasteiger charge is -2.30. The quantitative estimate of drug-likeness (QED) is 0.766. The second-order valence-corrected chi connectivity index (χ2v) is 4.93. The Kier molecular flexibility index (Phi) is 4.57. The van der Waals surface area contributed by atoms with Crippen LogP contribution in [0.15, 0.2) is 24.3 Å². The number of aliphatic hydroxyl groups is 1. The van der Waals surface area contributed by atoms with Crippen LogP contribution < -0.4 is 11.1 Å². The second kappa shape index (κ2) is 6.38. The van der Waals surface area contributed by atoms with Gasteiger partial charge in [0, 0.05) is 24.3 Å². The molecule has 1 atom stereocenters. The van der Waals surface area contributed by atoms with E-state index in [4.69, 9.17) is 5.73 Å². The van der Waals surface area contributed by atoms with Crippen molar-refractivity contribution in [2.75, 3.05) is 18.4 Å². The van der Waals surface area contributed by atoms with Crippen LogP contribution in [-0.4, -0.2) is 35.0 Å². The second-order valence-electron chi connectivity index (χ2n) is 4.93. The number of hydrogen-bond donors (Lipinski definition) is 3. The number of aliphatic hydroxyl groups excluding tert-OH is 1. The van der Waals surface area contributed by atoms with Gasteiger partial charge in [-0.1, -0.05) is 18.2 Å². The lowest BCUT2D eigenvalue weighted by molar-refractivity contribution is -0.121. The zero-order valence-electron chi connectivity index (χ0n) is 11.2. The van der Waals surface area contributed by atoms with Gasteiger partial charge < -0.3 is 21.1 Å². The highest BCUT2D eigenvalue weighted by atomic mass is 16.3. The first-order valence-electron chi connectivity index (χ1n) is 6.66. The van der Waals surface area contributed by atoms with Crippen LogP contribution in [0.2, 0.25) is 0 Å². The number of para-hydroxylation sites is 1. The van der Waals surface area contributed by atoms with Crippen LogP contribution in [0, 0.1) is 5.92 Å². The van der Waals surface area contributed by atoms with Crippen molar-refractivity contribution in [3.63, 3.8) is 0 Å². The number of benzene rings is 1. The molecule has 1 heterocycles. The Balaban J connectivity index is 2.02. The molecule has 108 valence electrons. The van der Waals surface area contributed by atoms with Crippen molar-refractivity contribution < 1.29 is 14.7 Å². The third kappa shape index (κ3) is 3.27. The SMILES string of the molecule is NC(=O)N1CCCC(C(=O)Nc2ccccc2CO)C1. The number of nitrogens with zero attached hydrogens (tertiary/aromatic N) is 1. The maximum Gasteiger partial charge on any atom is 0.314 e. The van der Waals surface area contributed by atoms with Gasteiger partial charge in [-0.15, -0.1) is 0 Å². The van der Waals surface area contributed by atoms with Crippen LogP contribution in [0.4, 0.5) is 10.5 Å². The fourth-order valence-electron chi connectivity index (χ4n) is 2.41. The first-order chi connectivity index (χ1) is 9.61. The van der Waals surface area contributed by atoms with Crippen molar-refractivity contribution in [1.82, 2.24) is 4.90 Å². The van der Waals surface area contributed by atoms with Crippen molar-refractivity contribution in [3.05, 3.63) is 29.8 Å². The van der Waals surface area contributed by atoms with Crippen LogP contribution in [0.5, 0.6) is 0 Å². The largest absolute Gasteiger partial charge is 0.392 e. The van der Waals surface area contributed by atoms with Gasteiger partial charge in [-0.05, 0) is 18.9 Å². The summed E-state index contributed by atoms with van der Waals surface area (Å²) in [4.78, 5) is 24.9. The number of amides is 3. The molecule has 20 heavy (non-hydrogen) atoms. The van der Waals surface area contributed by atoms with Crippen molar-refractivity contribution in [1.29, 1.82) is 0 Å². The van der Waals surface area contributed by atoms with Gasteiger partial charge in [0.15, 0.2) is 0 Å². The molecule has 0 aromatic heterocycles. The Morgan fingerprint density at radius 1 is 1.40 bits per heavy atom. The van der Waals surface area contributed by atoms with E-state index in [-0.39, 0.29) is 18.4 Å². The zero-order valence-corrected chi connectivity index (χ0v) is 11.2. The number of anilines is 1. The Morgan fingerprint density at radius 2 is 2.15 bits per heavy atom. The summed E-state index contributed by atoms with van der Waals surface area (Å²) in [7, 11) is 0. The van der Waals surface area contributed by atoms with Gasteiger partial charge in [0.05, 0.1) is 12.5 Å². The highest BCUT2D eigenvalue weighted by Crippen LogP contribution is 2.20. The van der Waals surface area contributed by atoms with Crippen molar-refractivity contribution in [2.24, 2.45) is 11.7 Å². The molecular formula is C14H19N3O3. The van der Waals surface area contributed by atoms with Crippen molar-refractivity contribution >= 4 is 17.6 Å². The van der Waals surface area contributed by atoms with Gasteiger partial charge in [-0.2, -0.15) is 0 Å². The third-order valence-electron chi connectivity index (χ3n) is 3.55. The summed E-state index contributed by atoms with van der Waals surface area (Å²) in [6.07, 6.45) is 1.50. The normalized spacial score (nSPS) is 18.6. The Labute approximate surface area is 117 Å². The third-order valence-corrected chi connectivity index (χ3v) is 3.55. The molecule has 1 aromatic rings. The van der Waals surface area contributed by atoms with E-state index in [1.54, 1.807) is 24.3 Å². The predicted octanol–water partition coefficient (Wildman–Crippen LogP) is 0.908. The summed E-state index contributed by atoms with van der Waals surface area (Å²) >= 11 is 0. The maximum absolute atomic E-state index is 12.2. The van der Waals surface area contributed by atoms with E-state index in [2.05, 4.69) is 5.32 Å². The average molecular weight is 277 g/mol. The number of urea groups is 1. The number of carbonyl (C=O) groups is 2. The number of nitrogens with one attached hydrogen (secondary N) is 1. The summed E-state index contributed by atoms with van der Waals surface area (Å²) in [5.74, 6) is -0.403.